The second-order valence-corrected chi connectivity index (χ2v) is 11.2. The maximum atomic E-state index is 2.43. The molecule has 1 nitrogen and oxygen atoms in total. The van der Waals surface area contributed by atoms with E-state index < -0.39 is 0 Å². The molecule has 7 rings (SSSR count). The van der Waals surface area contributed by atoms with Crippen LogP contribution in [-0.4, -0.2) is 4.57 Å². The number of benzene rings is 5. The summed E-state index contributed by atoms with van der Waals surface area (Å²) >= 11 is 2.37. The lowest BCUT2D eigenvalue weighted by molar-refractivity contribution is 0.661. The molecule has 0 spiro atoms. The van der Waals surface area contributed by atoms with Gasteiger partial charge in [0.1, 0.15) is 0 Å². The lowest BCUT2D eigenvalue weighted by Gasteiger charge is -2.21. The highest BCUT2D eigenvalue weighted by atomic mass is 127. The van der Waals surface area contributed by atoms with Crippen molar-refractivity contribution in [2.45, 2.75) is 19.3 Å². The van der Waals surface area contributed by atoms with Crippen LogP contribution < -0.4 is 0 Å². The van der Waals surface area contributed by atoms with Gasteiger partial charge in [0.15, 0.2) is 0 Å². The Labute approximate surface area is 219 Å². The Morgan fingerprint density at radius 2 is 1.31 bits per heavy atom. The number of hydrogen-bond acceptors (Lipinski definition) is 0. The van der Waals surface area contributed by atoms with E-state index in [9.17, 15) is 0 Å². The zero-order valence-electron chi connectivity index (χ0n) is 19.7. The number of hydrogen-bond donors (Lipinski definition) is 0. The molecule has 0 aliphatic heterocycles. The average Bonchev–Trinajstić information content (AvgIpc) is 3.34. The molecular weight excluding hydrogens is 537 g/mol. The first-order chi connectivity index (χ1) is 17.0. The number of rotatable bonds is 2. The van der Waals surface area contributed by atoms with E-state index in [4.69, 9.17) is 0 Å². The third-order valence-electron chi connectivity index (χ3n) is 7.67. The lowest BCUT2D eigenvalue weighted by atomic mass is 9.82. The van der Waals surface area contributed by atoms with Crippen LogP contribution in [0.3, 0.4) is 0 Å². The van der Waals surface area contributed by atoms with Gasteiger partial charge in [-0.25, -0.2) is 0 Å². The van der Waals surface area contributed by atoms with E-state index in [1.165, 1.54) is 64.4 Å². The zero-order chi connectivity index (χ0) is 23.7. The third-order valence-corrected chi connectivity index (χ3v) is 8.39. The minimum absolute atomic E-state index is 0.0188. The van der Waals surface area contributed by atoms with E-state index in [0.29, 0.717) is 0 Å². The number of fused-ring (bicyclic) bond motifs is 7. The van der Waals surface area contributed by atoms with Crippen LogP contribution in [0.25, 0.3) is 49.7 Å². The Bertz CT molecular complexity index is 1760. The fourth-order valence-corrected chi connectivity index (χ4v) is 6.34. The number of aromatic nitrogens is 1. The van der Waals surface area contributed by atoms with E-state index in [-0.39, 0.29) is 5.41 Å². The van der Waals surface area contributed by atoms with Gasteiger partial charge in [0, 0.05) is 25.4 Å². The predicted octanol–water partition coefficient (Wildman–Crippen LogP) is 9.36. The average molecular weight is 561 g/mol. The van der Waals surface area contributed by atoms with E-state index in [1.807, 2.05) is 0 Å². The Morgan fingerprint density at radius 3 is 2.11 bits per heavy atom. The van der Waals surface area contributed by atoms with Crippen molar-refractivity contribution >= 4 is 44.4 Å². The van der Waals surface area contributed by atoms with Gasteiger partial charge >= 0.3 is 0 Å². The molecule has 0 N–H and O–H groups in total. The number of para-hydroxylation sites is 1. The highest BCUT2D eigenvalue weighted by molar-refractivity contribution is 14.1. The molecule has 35 heavy (non-hydrogen) atoms. The van der Waals surface area contributed by atoms with Gasteiger partial charge in [-0.15, -0.1) is 0 Å². The second kappa shape index (κ2) is 7.56. The van der Waals surface area contributed by atoms with E-state index in [2.05, 4.69) is 150 Å². The Kier molecular flexibility index (Phi) is 4.53. The molecule has 0 saturated heterocycles. The summed E-state index contributed by atoms with van der Waals surface area (Å²) in [5, 5.41) is 2.66. The summed E-state index contributed by atoms with van der Waals surface area (Å²) in [7, 11) is 0. The van der Waals surface area contributed by atoms with Crippen molar-refractivity contribution in [3.8, 4) is 27.9 Å². The van der Waals surface area contributed by atoms with Gasteiger partial charge in [-0.2, -0.15) is 0 Å². The Morgan fingerprint density at radius 1 is 0.629 bits per heavy atom. The minimum Gasteiger partial charge on any atom is -0.309 e. The van der Waals surface area contributed by atoms with Crippen molar-refractivity contribution in [2.24, 2.45) is 0 Å². The van der Waals surface area contributed by atoms with Crippen molar-refractivity contribution in [1.82, 2.24) is 4.57 Å². The molecule has 0 atom stereocenters. The predicted molar refractivity (Wildman–Crippen MR) is 156 cm³/mol. The van der Waals surface area contributed by atoms with Crippen LogP contribution >= 0.6 is 22.6 Å². The molecule has 168 valence electrons. The van der Waals surface area contributed by atoms with Crippen molar-refractivity contribution in [3.63, 3.8) is 0 Å². The van der Waals surface area contributed by atoms with Crippen LogP contribution in [-0.2, 0) is 5.41 Å². The zero-order valence-corrected chi connectivity index (χ0v) is 21.9. The monoisotopic (exact) mass is 561 g/mol. The van der Waals surface area contributed by atoms with Crippen molar-refractivity contribution in [3.05, 3.63) is 124 Å². The highest BCUT2D eigenvalue weighted by Gasteiger charge is 2.37. The normalized spacial score (nSPS) is 13.8. The Hall–Kier alpha value is -3.37. The van der Waals surface area contributed by atoms with Crippen LogP contribution in [0, 0.1) is 3.57 Å². The van der Waals surface area contributed by atoms with E-state index in [1.54, 1.807) is 0 Å². The molecule has 1 aliphatic rings. The quantitative estimate of drug-likeness (QED) is 0.186. The molecule has 2 heteroatoms. The summed E-state index contributed by atoms with van der Waals surface area (Å²) in [5.74, 6) is 0. The van der Waals surface area contributed by atoms with Gasteiger partial charge in [-0.1, -0.05) is 80.6 Å². The summed E-state index contributed by atoms with van der Waals surface area (Å²) in [6.07, 6.45) is 0. The summed E-state index contributed by atoms with van der Waals surface area (Å²) in [4.78, 5) is 0. The molecule has 0 saturated carbocycles. The largest absolute Gasteiger partial charge is 0.309 e. The lowest BCUT2D eigenvalue weighted by Crippen LogP contribution is -2.14. The van der Waals surface area contributed by atoms with Crippen LogP contribution in [0.4, 0.5) is 0 Å². The van der Waals surface area contributed by atoms with Crippen molar-refractivity contribution in [2.75, 3.05) is 0 Å². The molecule has 6 aromatic rings. The standard InChI is InChI=1S/C33H24IN/c1-33(2)27-11-7-6-10-25(27)31-28(33)17-19-30-32(31)26-20-22(21-12-15-23(34)16-13-21)14-18-29(26)35(30)24-8-4-3-5-9-24/h3-20H,1-2H3. The number of halogens is 1. The van der Waals surface area contributed by atoms with Crippen LogP contribution in [0.1, 0.15) is 25.0 Å². The van der Waals surface area contributed by atoms with Gasteiger partial charge < -0.3 is 4.57 Å². The first-order valence-corrected chi connectivity index (χ1v) is 13.1. The van der Waals surface area contributed by atoms with Gasteiger partial charge in [-0.05, 0) is 98.4 Å². The first kappa shape index (κ1) is 21.0. The highest BCUT2D eigenvalue weighted by Crippen LogP contribution is 2.53. The topological polar surface area (TPSA) is 4.93 Å². The molecule has 0 amide bonds. The van der Waals surface area contributed by atoms with E-state index >= 15 is 0 Å². The summed E-state index contributed by atoms with van der Waals surface area (Å²) < 4.78 is 3.68. The fourth-order valence-electron chi connectivity index (χ4n) is 5.98. The summed E-state index contributed by atoms with van der Waals surface area (Å²) in [6, 6.07) is 40.2. The Balaban J connectivity index is 1.64. The SMILES string of the molecule is CC1(C)c2ccccc2-c2c1ccc1c2c2cc(-c3ccc(I)cc3)ccc2n1-c1ccccc1. The molecular formula is C33H24IN. The maximum absolute atomic E-state index is 2.43. The van der Waals surface area contributed by atoms with Gasteiger partial charge in [0.2, 0.25) is 0 Å². The number of nitrogens with zero attached hydrogens (tertiary/aromatic N) is 1. The van der Waals surface area contributed by atoms with Gasteiger partial charge in [0.05, 0.1) is 11.0 Å². The second-order valence-electron chi connectivity index (χ2n) is 9.96. The molecule has 0 fully saturated rings. The van der Waals surface area contributed by atoms with Gasteiger partial charge in [0.25, 0.3) is 0 Å². The van der Waals surface area contributed by atoms with Crippen LogP contribution in [0.15, 0.2) is 109 Å². The summed E-state index contributed by atoms with van der Waals surface area (Å²) in [5.41, 5.74) is 11.8. The summed E-state index contributed by atoms with van der Waals surface area (Å²) in [6.45, 7) is 4.72. The molecule has 5 aromatic carbocycles. The third kappa shape index (κ3) is 2.99. The molecule has 0 bridgehead atoms. The van der Waals surface area contributed by atoms with Gasteiger partial charge in [-0.3, -0.25) is 0 Å². The maximum Gasteiger partial charge on any atom is 0.0547 e. The molecule has 0 radical (unpaired) electrons. The minimum atomic E-state index is -0.0188. The van der Waals surface area contributed by atoms with Crippen LogP contribution in [0.5, 0.6) is 0 Å². The smallest absolute Gasteiger partial charge is 0.0547 e. The fraction of sp³-hybridized carbons (Fsp3) is 0.0909. The van der Waals surface area contributed by atoms with Crippen molar-refractivity contribution < 1.29 is 0 Å². The van der Waals surface area contributed by atoms with E-state index in [0.717, 1.165) is 0 Å². The molecule has 1 aromatic heterocycles. The first-order valence-electron chi connectivity index (χ1n) is 12.1. The molecule has 0 unspecified atom stereocenters. The van der Waals surface area contributed by atoms with Crippen LogP contribution in [0.2, 0.25) is 0 Å². The molecule has 1 aliphatic carbocycles. The molecule has 1 heterocycles. The van der Waals surface area contributed by atoms with Crippen molar-refractivity contribution in [1.29, 1.82) is 0 Å².